The summed E-state index contributed by atoms with van der Waals surface area (Å²) in [6.07, 6.45) is 1.82. The van der Waals surface area contributed by atoms with E-state index in [1.165, 1.54) is 22.5 Å². The van der Waals surface area contributed by atoms with Crippen LogP contribution in [-0.2, 0) is 16.4 Å². The molecule has 0 atom stereocenters. The van der Waals surface area contributed by atoms with Crippen LogP contribution in [0.4, 0.5) is 10.1 Å². The lowest BCUT2D eigenvalue weighted by atomic mass is 10.1. The number of para-hydroxylation sites is 1. The molecule has 1 N–H and O–H groups in total. The zero-order valence-electron chi connectivity index (χ0n) is 15.1. The number of hydrogen-bond acceptors (Lipinski definition) is 3. The van der Waals surface area contributed by atoms with Crippen LogP contribution in [0.5, 0.6) is 0 Å². The van der Waals surface area contributed by atoms with Crippen LogP contribution in [0.3, 0.4) is 0 Å². The molecule has 5 nitrogen and oxygen atoms in total. The number of hydrogen-bond donors (Lipinski definition) is 1. The summed E-state index contributed by atoms with van der Waals surface area (Å²) in [5, 5.41) is 2.58. The molecule has 0 aliphatic heterocycles. The minimum atomic E-state index is -3.54. The number of anilines is 1. The van der Waals surface area contributed by atoms with Crippen molar-refractivity contribution < 1.29 is 17.6 Å². The lowest BCUT2D eigenvalue weighted by Crippen LogP contribution is -2.39. The molecule has 0 aliphatic rings. The highest BCUT2D eigenvalue weighted by atomic mass is 32.2. The average Bonchev–Trinajstić information content (AvgIpc) is 2.58. The Morgan fingerprint density at radius 2 is 1.85 bits per heavy atom. The molecule has 0 saturated heterocycles. The number of carbonyl (C=O) groups is 1. The Morgan fingerprint density at radius 1 is 1.15 bits per heavy atom. The van der Waals surface area contributed by atoms with E-state index in [2.05, 4.69) is 5.32 Å². The minimum absolute atomic E-state index is 0.0662. The standard InChI is InChI=1S/C19H23FN2O3S/c1-4-15-9-7-8-14(2)18(15)22(26(3,24)25)13-12-21-19(23)16-10-5-6-11-17(16)20/h5-11H,4,12-13H2,1-3H3,(H,21,23). The highest BCUT2D eigenvalue weighted by Crippen LogP contribution is 2.27. The summed E-state index contributed by atoms with van der Waals surface area (Å²) in [5.74, 6) is -1.19. The van der Waals surface area contributed by atoms with Gasteiger partial charge in [-0.15, -0.1) is 0 Å². The SMILES string of the molecule is CCc1cccc(C)c1N(CCNC(=O)c1ccccc1F)S(C)(=O)=O. The lowest BCUT2D eigenvalue weighted by Gasteiger charge is -2.26. The van der Waals surface area contributed by atoms with Crippen LogP contribution in [0.15, 0.2) is 42.5 Å². The van der Waals surface area contributed by atoms with Gasteiger partial charge in [-0.25, -0.2) is 12.8 Å². The van der Waals surface area contributed by atoms with Gasteiger partial charge in [0.15, 0.2) is 0 Å². The number of aryl methyl sites for hydroxylation is 2. The third-order valence-electron chi connectivity index (χ3n) is 4.07. The van der Waals surface area contributed by atoms with E-state index in [0.29, 0.717) is 12.1 Å². The molecule has 140 valence electrons. The summed E-state index contributed by atoms with van der Waals surface area (Å²) in [4.78, 5) is 12.1. The molecular weight excluding hydrogens is 355 g/mol. The Bertz CT molecular complexity index is 897. The Labute approximate surface area is 153 Å². The van der Waals surface area contributed by atoms with E-state index in [4.69, 9.17) is 0 Å². The van der Waals surface area contributed by atoms with E-state index in [1.54, 1.807) is 6.07 Å². The summed E-state index contributed by atoms with van der Waals surface area (Å²) in [5.41, 5.74) is 2.33. The molecule has 0 saturated carbocycles. The third-order valence-corrected chi connectivity index (χ3v) is 5.24. The molecule has 26 heavy (non-hydrogen) atoms. The van der Waals surface area contributed by atoms with Crippen molar-refractivity contribution in [3.05, 3.63) is 65.0 Å². The number of amides is 1. The van der Waals surface area contributed by atoms with Gasteiger partial charge in [-0.3, -0.25) is 9.10 Å². The summed E-state index contributed by atoms with van der Waals surface area (Å²) >= 11 is 0. The van der Waals surface area contributed by atoms with Crippen molar-refractivity contribution in [1.29, 1.82) is 0 Å². The van der Waals surface area contributed by atoms with Gasteiger partial charge in [0.1, 0.15) is 5.82 Å². The molecule has 1 amide bonds. The van der Waals surface area contributed by atoms with Crippen molar-refractivity contribution in [2.24, 2.45) is 0 Å². The second-order valence-electron chi connectivity index (χ2n) is 6.01. The van der Waals surface area contributed by atoms with Crippen molar-refractivity contribution in [3.63, 3.8) is 0 Å². The van der Waals surface area contributed by atoms with Gasteiger partial charge in [-0.05, 0) is 36.6 Å². The zero-order valence-corrected chi connectivity index (χ0v) is 15.9. The maximum atomic E-state index is 13.7. The monoisotopic (exact) mass is 378 g/mol. The van der Waals surface area contributed by atoms with Crippen molar-refractivity contribution in [3.8, 4) is 0 Å². The fraction of sp³-hybridized carbons (Fsp3) is 0.316. The summed E-state index contributed by atoms with van der Waals surface area (Å²) < 4.78 is 39.6. The first-order valence-corrected chi connectivity index (χ1v) is 10.2. The predicted octanol–water partition coefficient (Wildman–Crippen LogP) is 2.89. The maximum absolute atomic E-state index is 13.7. The van der Waals surface area contributed by atoms with Gasteiger partial charge in [0.2, 0.25) is 10.0 Å². The molecule has 0 heterocycles. The molecule has 0 aromatic heterocycles. The van der Waals surface area contributed by atoms with Crippen LogP contribution in [0.1, 0.15) is 28.4 Å². The Balaban J connectivity index is 2.19. The number of carbonyl (C=O) groups excluding carboxylic acids is 1. The summed E-state index contributed by atoms with van der Waals surface area (Å²) in [7, 11) is -3.54. The smallest absolute Gasteiger partial charge is 0.254 e. The predicted molar refractivity (Wildman–Crippen MR) is 101 cm³/mol. The normalized spacial score (nSPS) is 11.2. The molecule has 0 spiro atoms. The van der Waals surface area contributed by atoms with Gasteiger partial charge in [0.25, 0.3) is 5.91 Å². The quantitative estimate of drug-likeness (QED) is 0.806. The fourth-order valence-corrected chi connectivity index (χ4v) is 3.83. The lowest BCUT2D eigenvalue weighted by molar-refractivity contribution is 0.0951. The number of halogens is 1. The highest BCUT2D eigenvalue weighted by molar-refractivity contribution is 7.92. The largest absolute Gasteiger partial charge is 0.350 e. The van der Waals surface area contributed by atoms with Gasteiger partial charge in [-0.2, -0.15) is 0 Å². The molecular formula is C19H23FN2O3S. The molecule has 0 fully saturated rings. The first-order valence-electron chi connectivity index (χ1n) is 8.34. The number of benzene rings is 2. The van der Waals surface area contributed by atoms with E-state index in [1.807, 2.05) is 32.0 Å². The highest BCUT2D eigenvalue weighted by Gasteiger charge is 2.22. The molecule has 0 unspecified atom stereocenters. The van der Waals surface area contributed by atoms with Crippen LogP contribution in [0.2, 0.25) is 0 Å². The van der Waals surface area contributed by atoms with Crippen molar-refractivity contribution in [2.75, 3.05) is 23.7 Å². The van der Waals surface area contributed by atoms with Gasteiger partial charge < -0.3 is 5.32 Å². The van der Waals surface area contributed by atoms with E-state index in [9.17, 15) is 17.6 Å². The van der Waals surface area contributed by atoms with Gasteiger partial charge >= 0.3 is 0 Å². The molecule has 2 aromatic rings. The number of nitrogens with zero attached hydrogens (tertiary/aromatic N) is 1. The number of sulfonamides is 1. The van der Waals surface area contributed by atoms with Crippen LogP contribution in [0.25, 0.3) is 0 Å². The molecule has 0 bridgehead atoms. The fourth-order valence-electron chi connectivity index (χ4n) is 2.82. The molecule has 2 rings (SSSR count). The summed E-state index contributed by atoms with van der Waals surface area (Å²) in [6, 6.07) is 11.3. The number of rotatable bonds is 7. The molecule has 0 aliphatic carbocycles. The van der Waals surface area contributed by atoms with Gasteiger partial charge in [-0.1, -0.05) is 37.3 Å². The van der Waals surface area contributed by atoms with Crippen LogP contribution in [-0.4, -0.2) is 33.7 Å². The van der Waals surface area contributed by atoms with Crippen LogP contribution >= 0.6 is 0 Å². The maximum Gasteiger partial charge on any atom is 0.254 e. The molecule has 0 radical (unpaired) electrons. The van der Waals surface area contributed by atoms with Crippen LogP contribution < -0.4 is 9.62 Å². The number of nitrogens with one attached hydrogen (secondary N) is 1. The van der Waals surface area contributed by atoms with E-state index < -0.39 is 21.7 Å². The minimum Gasteiger partial charge on any atom is -0.350 e. The van der Waals surface area contributed by atoms with E-state index in [-0.39, 0.29) is 18.7 Å². The van der Waals surface area contributed by atoms with Crippen molar-refractivity contribution >= 4 is 21.6 Å². The van der Waals surface area contributed by atoms with Crippen molar-refractivity contribution in [1.82, 2.24) is 5.32 Å². The Hall–Kier alpha value is -2.41. The second-order valence-corrected chi connectivity index (χ2v) is 7.91. The van der Waals surface area contributed by atoms with E-state index >= 15 is 0 Å². The average molecular weight is 378 g/mol. The Morgan fingerprint density at radius 3 is 2.46 bits per heavy atom. The first kappa shape index (κ1) is 19.9. The Kier molecular flexibility index (Phi) is 6.37. The summed E-state index contributed by atoms with van der Waals surface area (Å²) in [6.45, 7) is 3.94. The van der Waals surface area contributed by atoms with Gasteiger partial charge in [0.05, 0.1) is 24.1 Å². The zero-order chi connectivity index (χ0) is 19.3. The van der Waals surface area contributed by atoms with Crippen LogP contribution in [0, 0.1) is 12.7 Å². The van der Waals surface area contributed by atoms with Gasteiger partial charge in [0, 0.05) is 6.54 Å². The first-order chi connectivity index (χ1) is 12.3. The van der Waals surface area contributed by atoms with E-state index in [0.717, 1.165) is 17.4 Å². The van der Waals surface area contributed by atoms with Crippen molar-refractivity contribution in [2.45, 2.75) is 20.3 Å². The topological polar surface area (TPSA) is 66.5 Å². The molecule has 7 heteroatoms. The second kappa shape index (κ2) is 8.31. The third kappa shape index (κ3) is 4.60. The molecule has 2 aromatic carbocycles.